The Morgan fingerprint density at radius 3 is 2.60 bits per heavy atom. The van der Waals surface area contributed by atoms with Gasteiger partial charge in [0.05, 0.1) is 13.5 Å². The Hall–Kier alpha value is -1.87. The Bertz CT molecular complexity index is 720. The van der Waals surface area contributed by atoms with Gasteiger partial charge >= 0.3 is 0 Å². The second-order valence-electron chi connectivity index (χ2n) is 5.60. The number of thiocarbonyl (C=S) groups is 1. The third-order valence-electron chi connectivity index (χ3n) is 3.47. The summed E-state index contributed by atoms with van der Waals surface area (Å²) >= 11 is 4.85. The minimum Gasteiger partial charge on any atom is -0.495 e. The van der Waals surface area contributed by atoms with Gasteiger partial charge in [0.2, 0.25) is 5.91 Å². The monoisotopic (exact) mass is 387 g/mol. The van der Waals surface area contributed by atoms with Crippen molar-refractivity contribution in [2.75, 3.05) is 14.2 Å². The highest BCUT2D eigenvalue weighted by atomic mass is 32.2. The molecular weight excluding hydrogens is 362 g/mol. The summed E-state index contributed by atoms with van der Waals surface area (Å²) in [6.07, 6.45) is 1.94. The molecule has 0 aliphatic rings. The summed E-state index contributed by atoms with van der Waals surface area (Å²) < 4.78 is 32.3. The van der Waals surface area contributed by atoms with Gasteiger partial charge in [0.1, 0.15) is 10.6 Å². The summed E-state index contributed by atoms with van der Waals surface area (Å²) in [5.74, 6) is 0.0167. The van der Waals surface area contributed by atoms with E-state index in [0.29, 0.717) is 5.56 Å². The number of carbonyl (C=O) groups is 1. The lowest BCUT2D eigenvalue weighted by molar-refractivity contribution is -0.121. The number of rotatable bonds is 8. The zero-order valence-corrected chi connectivity index (χ0v) is 16.5. The van der Waals surface area contributed by atoms with Gasteiger partial charge in [-0.2, -0.15) is 0 Å². The standard InChI is InChI=1S/C16H25N3O4S2/c1-5-6-11(2)18-15(20)10-12-7-8-13(23-4)14(9-12)25(21,22)19-16(24)17-3/h7-9,11H,5-6,10H2,1-4H3,(H,18,20)(H2,17,19,24)/t11-/m0/s1. The first kappa shape index (κ1) is 21.2. The number of nitrogens with one attached hydrogen (secondary N) is 3. The van der Waals surface area contributed by atoms with E-state index in [1.165, 1.54) is 26.3 Å². The van der Waals surface area contributed by atoms with E-state index in [2.05, 4.69) is 15.4 Å². The molecule has 1 amide bonds. The minimum atomic E-state index is -3.91. The quantitative estimate of drug-likeness (QED) is 0.582. The molecule has 0 heterocycles. The fraction of sp³-hybridized carbons (Fsp3) is 0.500. The summed E-state index contributed by atoms with van der Waals surface area (Å²) in [5.41, 5.74) is 0.567. The van der Waals surface area contributed by atoms with E-state index in [1.54, 1.807) is 6.07 Å². The van der Waals surface area contributed by atoms with Crippen molar-refractivity contribution in [1.82, 2.24) is 15.4 Å². The molecule has 1 atom stereocenters. The third kappa shape index (κ3) is 6.50. The molecular formula is C16H25N3O4S2. The number of hydrogen-bond acceptors (Lipinski definition) is 5. The van der Waals surface area contributed by atoms with Crippen molar-refractivity contribution >= 4 is 33.3 Å². The molecule has 0 aliphatic heterocycles. The molecule has 0 unspecified atom stereocenters. The Balaban J connectivity index is 3.02. The summed E-state index contributed by atoms with van der Waals surface area (Å²) in [5, 5.41) is 5.41. The molecule has 1 aromatic carbocycles. The number of amides is 1. The highest BCUT2D eigenvalue weighted by molar-refractivity contribution is 7.92. The molecule has 0 saturated carbocycles. The van der Waals surface area contributed by atoms with E-state index in [9.17, 15) is 13.2 Å². The second-order valence-corrected chi connectivity index (χ2v) is 7.66. The topological polar surface area (TPSA) is 96.5 Å². The zero-order chi connectivity index (χ0) is 19.0. The van der Waals surface area contributed by atoms with Crippen LogP contribution in [0.1, 0.15) is 32.3 Å². The van der Waals surface area contributed by atoms with Gasteiger partial charge in [0, 0.05) is 13.1 Å². The van der Waals surface area contributed by atoms with E-state index in [4.69, 9.17) is 17.0 Å². The summed E-state index contributed by atoms with van der Waals surface area (Å²) in [6.45, 7) is 3.99. The van der Waals surface area contributed by atoms with Crippen molar-refractivity contribution in [2.24, 2.45) is 0 Å². The van der Waals surface area contributed by atoms with Gasteiger partial charge in [-0.1, -0.05) is 19.4 Å². The number of benzene rings is 1. The van der Waals surface area contributed by atoms with Crippen molar-refractivity contribution in [3.63, 3.8) is 0 Å². The van der Waals surface area contributed by atoms with Crippen LogP contribution >= 0.6 is 12.2 Å². The van der Waals surface area contributed by atoms with E-state index >= 15 is 0 Å². The van der Waals surface area contributed by atoms with Crippen LogP contribution in [-0.2, 0) is 21.2 Å². The highest BCUT2D eigenvalue weighted by Crippen LogP contribution is 2.25. The molecule has 0 bridgehead atoms. The molecule has 0 spiro atoms. The lowest BCUT2D eigenvalue weighted by Crippen LogP contribution is -2.37. The normalized spacial score (nSPS) is 12.2. The van der Waals surface area contributed by atoms with Crippen molar-refractivity contribution in [2.45, 2.75) is 44.0 Å². The van der Waals surface area contributed by atoms with Crippen molar-refractivity contribution in [1.29, 1.82) is 0 Å². The molecule has 0 aliphatic carbocycles. The molecule has 0 saturated heterocycles. The van der Waals surface area contributed by atoms with E-state index in [1.807, 2.05) is 13.8 Å². The summed E-state index contributed by atoms with van der Waals surface area (Å²) in [6, 6.07) is 4.69. The molecule has 0 fully saturated rings. The fourth-order valence-corrected chi connectivity index (χ4v) is 3.79. The zero-order valence-electron chi connectivity index (χ0n) is 14.9. The largest absolute Gasteiger partial charge is 0.495 e. The summed E-state index contributed by atoms with van der Waals surface area (Å²) in [7, 11) is -1.02. The maximum atomic E-state index is 12.5. The maximum Gasteiger partial charge on any atom is 0.267 e. The number of carbonyl (C=O) groups excluding carboxylic acids is 1. The predicted octanol–water partition coefficient (Wildman–Crippen LogP) is 1.33. The molecule has 1 aromatic rings. The van der Waals surface area contributed by atoms with Gasteiger partial charge in [-0.3, -0.25) is 9.52 Å². The number of sulfonamides is 1. The number of hydrogen-bond donors (Lipinski definition) is 3. The fourth-order valence-electron chi connectivity index (χ4n) is 2.29. The van der Waals surface area contributed by atoms with Gasteiger partial charge in [-0.15, -0.1) is 0 Å². The van der Waals surface area contributed by atoms with Gasteiger partial charge in [-0.05, 0) is 43.3 Å². The Morgan fingerprint density at radius 1 is 1.36 bits per heavy atom. The van der Waals surface area contributed by atoms with Crippen LogP contribution < -0.4 is 20.1 Å². The second kappa shape index (κ2) is 9.57. The van der Waals surface area contributed by atoms with Crippen LogP contribution in [0.25, 0.3) is 0 Å². The van der Waals surface area contributed by atoms with Gasteiger partial charge in [0.15, 0.2) is 5.11 Å². The first-order valence-electron chi connectivity index (χ1n) is 7.94. The average Bonchev–Trinajstić information content (AvgIpc) is 2.54. The molecule has 0 radical (unpaired) electrons. The molecule has 1 rings (SSSR count). The SMILES string of the molecule is CCC[C@H](C)NC(=O)Cc1ccc(OC)c(S(=O)(=O)NC(=S)NC)c1. The Kier molecular flexibility index (Phi) is 8.11. The van der Waals surface area contributed by atoms with Crippen LogP contribution in [0.4, 0.5) is 0 Å². The first-order chi connectivity index (χ1) is 11.7. The van der Waals surface area contributed by atoms with Crippen molar-refractivity contribution in [3.8, 4) is 5.75 Å². The van der Waals surface area contributed by atoms with Crippen LogP contribution in [0.5, 0.6) is 5.75 Å². The van der Waals surface area contributed by atoms with E-state index < -0.39 is 10.0 Å². The lowest BCUT2D eigenvalue weighted by atomic mass is 10.1. The highest BCUT2D eigenvalue weighted by Gasteiger charge is 2.21. The van der Waals surface area contributed by atoms with Crippen molar-refractivity contribution < 1.29 is 17.9 Å². The molecule has 0 aromatic heterocycles. The predicted molar refractivity (Wildman–Crippen MR) is 101 cm³/mol. The van der Waals surface area contributed by atoms with Crippen LogP contribution in [-0.4, -0.2) is 39.6 Å². The lowest BCUT2D eigenvalue weighted by Gasteiger charge is -2.15. The molecule has 25 heavy (non-hydrogen) atoms. The molecule has 140 valence electrons. The smallest absolute Gasteiger partial charge is 0.267 e. The average molecular weight is 388 g/mol. The first-order valence-corrected chi connectivity index (χ1v) is 9.83. The maximum absolute atomic E-state index is 12.5. The molecule has 7 nitrogen and oxygen atoms in total. The number of methoxy groups -OCH3 is 1. The van der Waals surface area contributed by atoms with Crippen molar-refractivity contribution in [3.05, 3.63) is 23.8 Å². The van der Waals surface area contributed by atoms with E-state index in [-0.39, 0.29) is 34.1 Å². The Morgan fingerprint density at radius 2 is 2.04 bits per heavy atom. The van der Waals surface area contributed by atoms with Crippen LogP contribution in [0.2, 0.25) is 0 Å². The molecule has 3 N–H and O–H groups in total. The third-order valence-corrected chi connectivity index (χ3v) is 5.27. The summed E-state index contributed by atoms with van der Waals surface area (Å²) in [4.78, 5) is 12.0. The Labute approximate surface area is 154 Å². The van der Waals surface area contributed by atoms with Crippen LogP contribution in [0.15, 0.2) is 23.1 Å². The van der Waals surface area contributed by atoms with Gasteiger partial charge in [-0.25, -0.2) is 8.42 Å². The molecule has 9 heteroatoms. The van der Waals surface area contributed by atoms with Crippen LogP contribution in [0, 0.1) is 0 Å². The van der Waals surface area contributed by atoms with E-state index in [0.717, 1.165) is 12.8 Å². The minimum absolute atomic E-state index is 0.0291. The number of ether oxygens (including phenoxy) is 1. The van der Waals surface area contributed by atoms with Gasteiger partial charge in [0.25, 0.3) is 10.0 Å². The van der Waals surface area contributed by atoms with Crippen LogP contribution in [0.3, 0.4) is 0 Å². The van der Waals surface area contributed by atoms with Gasteiger partial charge < -0.3 is 15.4 Å².